The van der Waals surface area contributed by atoms with Gasteiger partial charge in [-0.3, -0.25) is 19.1 Å². The fraction of sp³-hybridized carbons (Fsp3) is 0.520. The molecule has 1 aliphatic heterocycles. The average molecular weight is 468 g/mol. The summed E-state index contributed by atoms with van der Waals surface area (Å²) in [6, 6.07) is 9.29. The van der Waals surface area contributed by atoms with E-state index in [0.29, 0.717) is 18.7 Å². The third-order valence-electron chi connectivity index (χ3n) is 7.04. The summed E-state index contributed by atoms with van der Waals surface area (Å²) in [7, 11) is 3.25. The molecule has 4 rings (SSSR count). The van der Waals surface area contributed by atoms with Gasteiger partial charge in [-0.05, 0) is 37.8 Å². The van der Waals surface area contributed by atoms with Gasteiger partial charge in [-0.15, -0.1) is 0 Å². The van der Waals surface area contributed by atoms with Crippen LogP contribution in [-0.4, -0.2) is 64.7 Å². The summed E-state index contributed by atoms with van der Waals surface area (Å²) < 4.78 is 6.83. The number of ether oxygens (including phenoxy) is 1. The Morgan fingerprint density at radius 2 is 1.94 bits per heavy atom. The van der Waals surface area contributed by atoms with E-state index >= 15 is 0 Å². The highest BCUT2D eigenvalue weighted by Crippen LogP contribution is 2.27. The molecule has 1 fully saturated rings. The van der Waals surface area contributed by atoms with Crippen LogP contribution in [0.4, 0.5) is 0 Å². The quantitative estimate of drug-likeness (QED) is 0.649. The normalized spacial score (nSPS) is 20.6. The van der Waals surface area contributed by atoms with E-state index in [-0.39, 0.29) is 36.0 Å². The number of likely N-dealkylation sites (N-methyl/N-ethyl adjacent to an activating group) is 1. The zero-order chi connectivity index (χ0) is 24.3. The topological polar surface area (TPSA) is 106 Å². The van der Waals surface area contributed by atoms with E-state index in [4.69, 9.17) is 4.74 Å². The van der Waals surface area contributed by atoms with Crippen molar-refractivity contribution in [1.29, 1.82) is 0 Å². The monoisotopic (exact) mass is 467 g/mol. The SMILES string of the molecule is COc1ccccc1CCNC(=O)c1cc2n(n1)CC(C)(C(=O)NC1CCCCC1)N(C)C2=O. The van der Waals surface area contributed by atoms with Crippen LogP contribution in [0.2, 0.25) is 0 Å². The summed E-state index contributed by atoms with van der Waals surface area (Å²) in [5.74, 6) is -0.0958. The van der Waals surface area contributed by atoms with Crippen molar-refractivity contribution in [3.63, 3.8) is 0 Å². The van der Waals surface area contributed by atoms with Crippen molar-refractivity contribution < 1.29 is 19.1 Å². The number of benzene rings is 1. The Kier molecular flexibility index (Phi) is 6.90. The molecule has 0 spiro atoms. The summed E-state index contributed by atoms with van der Waals surface area (Å²) >= 11 is 0. The van der Waals surface area contributed by atoms with Crippen molar-refractivity contribution in [2.75, 3.05) is 20.7 Å². The van der Waals surface area contributed by atoms with Crippen LogP contribution in [0.1, 0.15) is 65.6 Å². The van der Waals surface area contributed by atoms with Crippen LogP contribution in [0.25, 0.3) is 0 Å². The molecule has 0 saturated heterocycles. The number of rotatable bonds is 7. The van der Waals surface area contributed by atoms with Gasteiger partial charge in [-0.1, -0.05) is 37.5 Å². The minimum Gasteiger partial charge on any atom is -0.496 e. The number of nitrogens with one attached hydrogen (secondary N) is 2. The molecular formula is C25H33N5O4. The molecule has 2 heterocycles. The summed E-state index contributed by atoms with van der Waals surface area (Å²) in [5.41, 5.74) is 0.380. The number of hydrogen-bond donors (Lipinski definition) is 2. The number of aromatic nitrogens is 2. The van der Waals surface area contributed by atoms with Gasteiger partial charge in [-0.2, -0.15) is 5.10 Å². The zero-order valence-electron chi connectivity index (χ0n) is 20.1. The van der Waals surface area contributed by atoms with Crippen LogP contribution < -0.4 is 15.4 Å². The van der Waals surface area contributed by atoms with Gasteiger partial charge in [-0.25, -0.2) is 0 Å². The smallest absolute Gasteiger partial charge is 0.272 e. The van der Waals surface area contributed by atoms with Gasteiger partial charge < -0.3 is 20.3 Å². The third kappa shape index (κ3) is 4.64. The number of methoxy groups -OCH3 is 1. The minimum atomic E-state index is -1.08. The van der Waals surface area contributed by atoms with Gasteiger partial charge in [0, 0.05) is 25.7 Å². The third-order valence-corrected chi connectivity index (χ3v) is 7.04. The summed E-state index contributed by atoms with van der Waals surface area (Å²) in [5, 5.41) is 10.4. The molecule has 1 aromatic carbocycles. The predicted molar refractivity (Wildman–Crippen MR) is 127 cm³/mol. The minimum absolute atomic E-state index is 0.144. The molecule has 2 aromatic rings. The fourth-order valence-corrected chi connectivity index (χ4v) is 4.74. The standard InChI is InChI=1S/C25H33N5O4/c1-25(24(33)27-18-10-5-4-6-11-18)16-30-20(23(32)29(25)2)15-19(28-30)22(31)26-14-13-17-9-7-8-12-21(17)34-3/h7-9,12,15,18H,4-6,10-11,13-14,16H2,1-3H3,(H,26,31)(H,27,33). The Balaban J connectivity index is 1.43. The number of fused-ring (bicyclic) bond motifs is 1. The first-order valence-corrected chi connectivity index (χ1v) is 11.9. The lowest BCUT2D eigenvalue weighted by Crippen LogP contribution is -2.63. The molecule has 0 radical (unpaired) electrons. The van der Waals surface area contributed by atoms with Gasteiger partial charge >= 0.3 is 0 Å². The van der Waals surface area contributed by atoms with Crippen molar-refractivity contribution in [2.24, 2.45) is 0 Å². The number of amides is 3. The molecule has 1 aromatic heterocycles. The van der Waals surface area contributed by atoms with E-state index in [2.05, 4.69) is 15.7 Å². The Labute approximate surface area is 199 Å². The number of hydrogen-bond acceptors (Lipinski definition) is 5. The van der Waals surface area contributed by atoms with Crippen LogP contribution in [0.15, 0.2) is 30.3 Å². The predicted octanol–water partition coefficient (Wildman–Crippen LogP) is 2.16. The summed E-state index contributed by atoms with van der Waals surface area (Å²) in [6.07, 6.45) is 5.94. The molecule has 34 heavy (non-hydrogen) atoms. The van der Waals surface area contributed by atoms with Crippen molar-refractivity contribution in [1.82, 2.24) is 25.3 Å². The first-order valence-electron chi connectivity index (χ1n) is 11.9. The van der Waals surface area contributed by atoms with Gasteiger partial charge in [0.15, 0.2) is 5.69 Å². The highest BCUT2D eigenvalue weighted by Gasteiger charge is 2.46. The molecule has 1 aliphatic carbocycles. The van der Waals surface area contributed by atoms with Crippen LogP contribution in [-0.2, 0) is 17.8 Å². The molecule has 0 bridgehead atoms. The summed E-state index contributed by atoms with van der Waals surface area (Å²) in [4.78, 5) is 40.5. The van der Waals surface area contributed by atoms with Crippen LogP contribution in [0.3, 0.4) is 0 Å². The second-order valence-electron chi connectivity index (χ2n) is 9.34. The number of carbonyl (C=O) groups is 3. The lowest BCUT2D eigenvalue weighted by atomic mass is 9.92. The Hall–Kier alpha value is -3.36. The van der Waals surface area contributed by atoms with E-state index < -0.39 is 5.54 Å². The van der Waals surface area contributed by atoms with Crippen molar-refractivity contribution in [3.05, 3.63) is 47.3 Å². The van der Waals surface area contributed by atoms with Gasteiger partial charge in [0.1, 0.15) is 17.0 Å². The Bertz CT molecular complexity index is 1080. The first-order chi connectivity index (χ1) is 16.3. The van der Waals surface area contributed by atoms with E-state index in [0.717, 1.165) is 37.0 Å². The molecule has 2 N–H and O–H groups in total. The molecule has 182 valence electrons. The van der Waals surface area contributed by atoms with E-state index in [1.165, 1.54) is 22.1 Å². The van der Waals surface area contributed by atoms with Gasteiger partial charge in [0.25, 0.3) is 11.8 Å². The zero-order valence-corrected chi connectivity index (χ0v) is 20.1. The molecule has 1 saturated carbocycles. The number of para-hydroxylation sites is 1. The molecule has 1 atom stereocenters. The van der Waals surface area contributed by atoms with Gasteiger partial charge in [0.2, 0.25) is 5.91 Å². The Morgan fingerprint density at radius 1 is 1.21 bits per heavy atom. The van der Waals surface area contributed by atoms with E-state index in [9.17, 15) is 14.4 Å². The maximum absolute atomic E-state index is 13.2. The molecular weight excluding hydrogens is 434 g/mol. The lowest BCUT2D eigenvalue weighted by molar-refractivity contribution is -0.133. The lowest BCUT2D eigenvalue weighted by Gasteiger charge is -2.41. The summed E-state index contributed by atoms with van der Waals surface area (Å²) in [6.45, 7) is 2.34. The highest BCUT2D eigenvalue weighted by atomic mass is 16.5. The van der Waals surface area contributed by atoms with Crippen molar-refractivity contribution in [2.45, 2.75) is 63.6 Å². The molecule has 9 nitrogen and oxygen atoms in total. The maximum atomic E-state index is 13.2. The number of nitrogens with zero attached hydrogens (tertiary/aromatic N) is 3. The Morgan fingerprint density at radius 3 is 2.68 bits per heavy atom. The van der Waals surface area contributed by atoms with Crippen LogP contribution >= 0.6 is 0 Å². The largest absolute Gasteiger partial charge is 0.496 e. The molecule has 2 aliphatic rings. The van der Waals surface area contributed by atoms with Crippen LogP contribution in [0, 0.1) is 0 Å². The van der Waals surface area contributed by atoms with Gasteiger partial charge in [0.05, 0.1) is 13.7 Å². The fourth-order valence-electron chi connectivity index (χ4n) is 4.74. The second kappa shape index (κ2) is 9.87. The van der Waals surface area contributed by atoms with Crippen molar-refractivity contribution in [3.8, 4) is 5.75 Å². The maximum Gasteiger partial charge on any atom is 0.272 e. The molecule has 3 amide bonds. The van der Waals surface area contributed by atoms with Crippen molar-refractivity contribution >= 4 is 17.7 Å². The molecule has 1 unspecified atom stereocenters. The van der Waals surface area contributed by atoms with Crippen LogP contribution in [0.5, 0.6) is 5.75 Å². The number of carbonyl (C=O) groups excluding carboxylic acids is 3. The first kappa shape index (κ1) is 23.8. The van der Waals surface area contributed by atoms with E-state index in [1.807, 2.05) is 24.3 Å². The molecule has 9 heteroatoms. The highest BCUT2D eigenvalue weighted by molar-refractivity contribution is 6.01. The van der Waals surface area contributed by atoms with E-state index in [1.54, 1.807) is 21.1 Å². The average Bonchev–Trinajstić information content (AvgIpc) is 3.27. The second-order valence-corrected chi connectivity index (χ2v) is 9.34.